The number of aliphatic hydroxyl groups is 1. The molecular formula is C15H26N2OS. The lowest BCUT2D eigenvalue weighted by molar-refractivity contribution is 0.250. The first-order valence-electron chi connectivity index (χ1n) is 7.14. The van der Waals surface area contributed by atoms with Gasteiger partial charge in [-0.25, -0.2) is 0 Å². The highest BCUT2D eigenvalue weighted by Gasteiger charge is 2.09. The van der Waals surface area contributed by atoms with Crippen LogP contribution in [0.15, 0.2) is 23.2 Å². The highest BCUT2D eigenvalue weighted by Crippen LogP contribution is 2.22. The van der Waals surface area contributed by atoms with E-state index in [1.165, 1.54) is 4.90 Å². The van der Waals surface area contributed by atoms with Gasteiger partial charge in [-0.2, -0.15) is 0 Å². The SMILES string of the molecule is CCCNC(CC)c1ccc(SCC(C)CO)cn1. The summed E-state index contributed by atoms with van der Waals surface area (Å²) in [6, 6.07) is 4.60. The molecule has 108 valence electrons. The van der Waals surface area contributed by atoms with Crippen LogP contribution in [0.25, 0.3) is 0 Å². The summed E-state index contributed by atoms with van der Waals surface area (Å²) < 4.78 is 0. The second-order valence-electron chi connectivity index (χ2n) is 4.93. The van der Waals surface area contributed by atoms with Crippen molar-refractivity contribution in [3.05, 3.63) is 24.0 Å². The maximum Gasteiger partial charge on any atom is 0.0573 e. The fraction of sp³-hybridized carbons (Fsp3) is 0.667. The molecule has 19 heavy (non-hydrogen) atoms. The van der Waals surface area contributed by atoms with Gasteiger partial charge in [-0.15, -0.1) is 11.8 Å². The van der Waals surface area contributed by atoms with Gasteiger partial charge in [0, 0.05) is 29.5 Å². The number of hydrogen-bond acceptors (Lipinski definition) is 4. The molecule has 0 bridgehead atoms. The molecule has 1 aromatic heterocycles. The molecule has 0 amide bonds. The number of pyridine rings is 1. The van der Waals surface area contributed by atoms with Crippen molar-refractivity contribution in [3.63, 3.8) is 0 Å². The van der Waals surface area contributed by atoms with E-state index in [-0.39, 0.29) is 6.61 Å². The van der Waals surface area contributed by atoms with E-state index in [9.17, 15) is 0 Å². The van der Waals surface area contributed by atoms with Gasteiger partial charge in [-0.05, 0) is 37.4 Å². The summed E-state index contributed by atoms with van der Waals surface area (Å²) in [4.78, 5) is 5.74. The van der Waals surface area contributed by atoms with Gasteiger partial charge in [0.05, 0.1) is 5.69 Å². The molecule has 0 spiro atoms. The van der Waals surface area contributed by atoms with Crippen LogP contribution in [0.3, 0.4) is 0 Å². The zero-order valence-corrected chi connectivity index (χ0v) is 13.0. The number of hydrogen-bond donors (Lipinski definition) is 2. The predicted octanol–water partition coefficient (Wildman–Crippen LogP) is 3.25. The van der Waals surface area contributed by atoms with E-state index in [1.807, 2.05) is 6.20 Å². The quantitative estimate of drug-likeness (QED) is 0.682. The van der Waals surface area contributed by atoms with Gasteiger partial charge in [-0.3, -0.25) is 4.98 Å². The Hall–Kier alpha value is -0.580. The van der Waals surface area contributed by atoms with Crippen LogP contribution in [0.1, 0.15) is 45.3 Å². The third-order valence-electron chi connectivity index (χ3n) is 3.01. The third-order valence-corrected chi connectivity index (χ3v) is 4.32. The Bertz CT molecular complexity index is 343. The van der Waals surface area contributed by atoms with Crippen molar-refractivity contribution in [2.24, 2.45) is 5.92 Å². The zero-order valence-electron chi connectivity index (χ0n) is 12.2. The van der Waals surface area contributed by atoms with E-state index in [0.29, 0.717) is 12.0 Å². The number of aromatic nitrogens is 1. The van der Waals surface area contributed by atoms with Crippen LogP contribution in [0.2, 0.25) is 0 Å². The Balaban J connectivity index is 2.54. The monoisotopic (exact) mass is 282 g/mol. The summed E-state index contributed by atoms with van der Waals surface area (Å²) in [7, 11) is 0. The van der Waals surface area contributed by atoms with Crippen molar-refractivity contribution >= 4 is 11.8 Å². The molecule has 0 aliphatic heterocycles. The zero-order chi connectivity index (χ0) is 14.1. The van der Waals surface area contributed by atoms with Crippen LogP contribution in [-0.2, 0) is 0 Å². The molecule has 0 aromatic carbocycles. The fourth-order valence-corrected chi connectivity index (χ4v) is 2.62. The summed E-state index contributed by atoms with van der Waals surface area (Å²) in [6.07, 6.45) is 4.14. The van der Waals surface area contributed by atoms with Crippen LogP contribution >= 0.6 is 11.8 Å². The normalized spacial score (nSPS) is 14.3. The number of nitrogens with one attached hydrogen (secondary N) is 1. The third kappa shape index (κ3) is 5.93. The first kappa shape index (κ1) is 16.5. The molecule has 1 rings (SSSR count). The Morgan fingerprint density at radius 3 is 2.68 bits per heavy atom. The van der Waals surface area contributed by atoms with Crippen LogP contribution in [-0.4, -0.2) is 29.0 Å². The molecule has 0 fully saturated rings. The highest BCUT2D eigenvalue weighted by molar-refractivity contribution is 7.99. The van der Waals surface area contributed by atoms with Crippen molar-refractivity contribution in [2.45, 2.75) is 44.6 Å². The largest absolute Gasteiger partial charge is 0.396 e. The van der Waals surface area contributed by atoms with Gasteiger partial charge in [0.1, 0.15) is 0 Å². The molecule has 0 saturated carbocycles. The van der Waals surface area contributed by atoms with Crippen molar-refractivity contribution < 1.29 is 5.11 Å². The van der Waals surface area contributed by atoms with E-state index in [1.54, 1.807) is 11.8 Å². The summed E-state index contributed by atoms with van der Waals surface area (Å²) in [5.41, 5.74) is 1.12. The van der Waals surface area contributed by atoms with E-state index in [4.69, 9.17) is 5.11 Å². The number of aliphatic hydroxyl groups excluding tert-OH is 1. The number of thioether (sulfide) groups is 1. The Morgan fingerprint density at radius 1 is 1.37 bits per heavy atom. The molecule has 2 atom stereocenters. The van der Waals surface area contributed by atoms with Crippen molar-refractivity contribution in [2.75, 3.05) is 18.9 Å². The average Bonchev–Trinajstić information content (AvgIpc) is 2.46. The molecule has 2 unspecified atom stereocenters. The van der Waals surface area contributed by atoms with Gasteiger partial charge >= 0.3 is 0 Å². The van der Waals surface area contributed by atoms with Crippen LogP contribution < -0.4 is 5.32 Å². The minimum absolute atomic E-state index is 0.247. The molecule has 0 aliphatic carbocycles. The Kier molecular flexibility index (Phi) is 8.10. The first-order valence-corrected chi connectivity index (χ1v) is 8.12. The maximum absolute atomic E-state index is 9.01. The molecule has 1 aromatic rings. The minimum Gasteiger partial charge on any atom is -0.396 e. The standard InChI is InChI=1S/C15H26N2OS/c1-4-8-16-14(5-2)15-7-6-13(9-17-15)19-11-12(3)10-18/h6-7,9,12,14,16,18H,4-5,8,10-11H2,1-3H3. The summed E-state index contributed by atoms with van der Waals surface area (Å²) >= 11 is 1.76. The smallest absolute Gasteiger partial charge is 0.0573 e. The molecule has 2 N–H and O–H groups in total. The second-order valence-corrected chi connectivity index (χ2v) is 6.03. The number of rotatable bonds is 9. The fourth-order valence-electron chi connectivity index (χ4n) is 1.75. The molecule has 3 nitrogen and oxygen atoms in total. The van der Waals surface area contributed by atoms with Gasteiger partial charge in [0.2, 0.25) is 0 Å². The van der Waals surface area contributed by atoms with Crippen molar-refractivity contribution in [3.8, 4) is 0 Å². The molecule has 4 heteroatoms. The van der Waals surface area contributed by atoms with Gasteiger partial charge in [-0.1, -0.05) is 20.8 Å². The highest BCUT2D eigenvalue weighted by atomic mass is 32.2. The van der Waals surface area contributed by atoms with Crippen LogP contribution in [0.4, 0.5) is 0 Å². The lowest BCUT2D eigenvalue weighted by atomic mass is 10.1. The van der Waals surface area contributed by atoms with E-state index in [0.717, 1.165) is 30.8 Å². The predicted molar refractivity (Wildman–Crippen MR) is 82.5 cm³/mol. The molecule has 0 radical (unpaired) electrons. The average molecular weight is 282 g/mol. The lowest BCUT2D eigenvalue weighted by Gasteiger charge is -2.16. The van der Waals surface area contributed by atoms with Crippen LogP contribution in [0.5, 0.6) is 0 Å². The van der Waals surface area contributed by atoms with Crippen molar-refractivity contribution in [1.29, 1.82) is 0 Å². The van der Waals surface area contributed by atoms with E-state index in [2.05, 4.69) is 43.2 Å². The number of nitrogens with zero attached hydrogens (tertiary/aromatic N) is 1. The Labute approximate surface area is 121 Å². The molecule has 0 aliphatic rings. The summed E-state index contributed by atoms with van der Waals surface area (Å²) in [5.74, 6) is 1.27. The van der Waals surface area contributed by atoms with Crippen molar-refractivity contribution in [1.82, 2.24) is 10.3 Å². The first-order chi connectivity index (χ1) is 9.21. The van der Waals surface area contributed by atoms with Crippen LogP contribution in [0, 0.1) is 5.92 Å². The van der Waals surface area contributed by atoms with Gasteiger partial charge in [0.15, 0.2) is 0 Å². The minimum atomic E-state index is 0.247. The molecule has 1 heterocycles. The maximum atomic E-state index is 9.01. The van der Waals surface area contributed by atoms with Gasteiger partial charge < -0.3 is 10.4 Å². The second kappa shape index (κ2) is 9.34. The summed E-state index contributed by atoms with van der Waals surface area (Å²) in [6.45, 7) is 7.69. The Morgan fingerprint density at radius 2 is 2.16 bits per heavy atom. The lowest BCUT2D eigenvalue weighted by Crippen LogP contribution is -2.22. The summed E-state index contributed by atoms with van der Waals surface area (Å²) in [5, 5.41) is 12.5. The van der Waals surface area contributed by atoms with E-state index >= 15 is 0 Å². The molecule has 0 saturated heterocycles. The van der Waals surface area contributed by atoms with Gasteiger partial charge in [0.25, 0.3) is 0 Å². The topological polar surface area (TPSA) is 45.1 Å². The molecular weight excluding hydrogens is 256 g/mol. The van der Waals surface area contributed by atoms with E-state index < -0.39 is 0 Å².